The Balaban J connectivity index is 2.84. The van der Waals surface area contributed by atoms with Crippen LogP contribution in [0, 0.1) is 11.3 Å². The van der Waals surface area contributed by atoms with Crippen molar-refractivity contribution in [1.29, 1.82) is 5.26 Å². The third kappa shape index (κ3) is 3.72. The molecule has 0 bridgehead atoms. The quantitative estimate of drug-likeness (QED) is 0.914. The molecule has 1 atom stereocenters. The molecular weight excluding hydrogens is 256 g/mol. The maximum atomic E-state index is 10.9. The molecule has 15 heavy (non-hydrogen) atoms. The van der Waals surface area contributed by atoms with Crippen molar-refractivity contribution < 1.29 is 4.79 Å². The first-order valence-electron chi connectivity index (χ1n) is 4.53. The summed E-state index contributed by atoms with van der Waals surface area (Å²) in [4.78, 5) is 10.9. The highest BCUT2D eigenvalue weighted by Gasteiger charge is 2.11. The molecule has 0 aliphatic carbocycles. The minimum Gasteiger partial charge on any atom is -0.348 e. The normalized spacial score (nSPS) is 11.5. The average Bonchev–Trinajstić information content (AvgIpc) is 2.17. The van der Waals surface area contributed by atoms with E-state index < -0.39 is 0 Å². The van der Waals surface area contributed by atoms with E-state index >= 15 is 0 Å². The minimum absolute atomic E-state index is 0.127. The number of nitriles is 1. The van der Waals surface area contributed by atoms with Crippen molar-refractivity contribution in [3.05, 3.63) is 34.3 Å². The first-order valence-corrected chi connectivity index (χ1v) is 5.32. The molecule has 0 aromatic heterocycles. The molecule has 0 saturated heterocycles. The van der Waals surface area contributed by atoms with Gasteiger partial charge in [-0.05, 0) is 17.7 Å². The van der Waals surface area contributed by atoms with Crippen LogP contribution in [0.3, 0.4) is 0 Å². The standard InChI is InChI=1S/C11H11BrN2O/c1-8(15)14-11(6-7-13)9-2-4-10(12)5-3-9/h2-5,11H,6H2,1H3,(H,14,15). The third-order valence-electron chi connectivity index (χ3n) is 1.95. The Bertz CT molecular complexity index is 381. The van der Waals surface area contributed by atoms with Crippen molar-refractivity contribution in [2.24, 2.45) is 0 Å². The molecule has 1 aromatic rings. The number of rotatable bonds is 3. The van der Waals surface area contributed by atoms with Crippen LogP contribution < -0.4 is 5.32 Å². The first kappa shape index (κ1) is 11.7. The average molecular weight is 267 g/mol. The zero-order valence-corrected chi connectivity index (χ0v) is 9.91. The summed E-state index contributed by atoms with van der Waals surface area (Å²) in [5, 5.41) is 11.4. The van der Waals surface area contributed by atoms with Crippen LogP contribution in [0.4, 0.5) is 0 Å². The molecule has 0 aliphatic heterocycles. The molecule has 1 rings (SSSR count). The Morgan fingerprint density at radius 1 is 1.53 bits per heavy atom. The van der Waals surface area contributed by atoms with Gasteiger partial charge in [0.1, 0.15) is 0 Å². The molecule has 0 heterocycles. The number of nitrogens with zero attached hydrogens (tertiary/aromatic N) is 1. The molecule has 1 N–H and O–H groups in total. The van der Waals surface area contributed by atoms with Gasteiger partial charge >= 0.3 is 0 Å². The van der Waals surface area contributed by atoms with Crippen LogP contribution in [0.25, 0.3) is 0 Å². The predicted octanol–water partition coefficient (Wildman–Crippen LogP) is 2.54. The summed E-state index contributed by atoms with van der Waals surface area (Å²) in [6.07, 6.45) is 0.279. The second-order valence-corrected chi connectivity index (χ2v) is 4.08. The summed E-state index contributed by atoms with van der Waals surface area (Å²) in [5.41, 5.74) is 0.940. The highest BCUT2D eigenvalue weighted by atomic mass is 79.9. The zero-order valence-electron chi connectivity index (χ0n) is 8.33. The van der Waals surface area contributed by atoms with Crippen molar-refractivity contribution >= 4 is 21.8 Å². The summed E-state index contributed by atoms with van der Waals surface area (Å²) in [6, 6.07) is 9.40. The number of carbonyl (C=O) groups excluding carboxylic acids is 1. The smallest absolute Gasteiger partial charge is 0.217 e. The number of carbonyl (C=O) groups is 1. The molecule has 0 aliphatic rings. The molecular formula is C11H11BrN2O. The maximum absolute atomic E-state index is 10.9. The molecule has 0 radical (unpaired) electrons. The Morgan fingerprint density at radius 3 is 2.60 bits per heavy atom. The molecule has 3 nitrogen and oxygen atoms in total. The van der Waals surface area contributed by atoms with Gasteiger partial charge < -0.3 is 5.32 Å². The van der Waals surface area contributed by atoms with Crippen LogP contribution in [0.5, 0.6) is 0 Å². The van der Waals surface area contributed by atoms with Crippen LogP contribution in [0.2, 0.25) is 0 Å². The van der Waals surface area contributed by atoms with Crippen LogP contribution >= 0.6 is 15.9 Å². The number of nitrogens with one attached hydrogen (secondary N) is 1. The predicted molar refractivity (Wildman–Crippen MR) is 60.9 cm³/mol. The van der Waals surface area contributed by atoms with Crippen molar-refractivity contribution in [3.63, 3.8) is 0 Å². The number of benzene rings is 1. The molecule has 1 unspecified atom stereocenters. The van der Waals surface area contributed by atoms with Crippen LogP contribution in [-0.2, 0) is 4.79 Å². The highest BCUT2D eigenvalue weighted by molar-refractivity contribution is 9.10. The topological polar surface area (TPSA) is 52.9 Å². The highest BCUT2D eigenvalue weighted by Crippen LogP contribution is 2.19. The number of halogens is 1. The molecule has 4 heteroatoms. The van der Waals surface area contributed by atoms with Gasteiger partial charge in [0.2, 0.25) is 5.91 Å². The first-order chi connectivity index (χ1) is 7.13. The van der Waals surface area contributed by atoms with Crippen LogP contribution in [0.15, 0.2) is 28.7 Å². The van der Waals surface area contributed by atoms with Gasteiger partial charge in [0.25, 0.3) is 0 Å². The lowest BCUT2D eigenvalue weighted by atomic mass is 10.0. The van der Waals surface area contributed by atoms with Gasteiger partial charge in [-0.1, -0.05) is 28.1 Å². The number of amides is 1. The van der Waals surface area contributed by atoms with E-state index in [1.165, 1.54) is 6.92 Å². The van der Waals surface area contributed by atoms with Crippen molar-refractivity contribution in [2.45, 2.75) is 19.4 Å². The summed E-state index contributed by atoms with van der Waals surface area (Å²) in [7, 11) is 0. The van der Waals surface area contributed by atoms with E-state index in [4.69, 9.17) is 5.26 Å². The Hall–Kier alpha value is -1.34. The molecule has 0 saturated carbocycles. The lowest BCUT2D eigenvalue weighted by molar-refractivity contribution is -0.119. The van der Waals surface area contributed by atoms with Gasteiger partial charge in [0.15, 0.2) is 0 Å². The van der Waals surface area contributed by atoms with Crippen LogP contribution in [-0.4, -0.2) is 5.91 Å². The van der Waals surface area contributed by atoms with Crippen molar-refractivity contribution in [3.8, 4) is 6.07 Å². The second kappa shape index (κ2) is 5.52. The van der Waals surface area contributed by atoms with Gasteiger partial charge in [0, 0.05) is 11.4 Å². The van der Waals surface area contributed by atoms with Gasteiger partial charge in [-0.3, -0.25) is 4.79 Å². The van der Waals surface area contributed by atoms with Gasteiger partial charge in [0.05, 0.1) is 18.5 Å². The maximum Gasteiger partial charge on any atom is 0.217 e. The van der Waals surface area contributed by atoms with E-state index in [9.17, 15) is 4.79 Å². The lowest BCUT2D eigenvalue weighted by Crippen LogP contribution is -2.25. The largest absolute Gasteiger partial charge is 0.348 e. The number of hydrogen-bond donors (Lipinski definition) is 1. The summed E-state index contributed by atoms with van der Waals surface area (Å²) in [6.45, 7) is 1.45. The molecule has 78 valence electrons. The number of hydrogen-bond acceptors (Lipinski definition) is 2. The fourth-order valence-corrected chi connectivity index (χ4v) is 1.55. The van der Waals surface area contributed by atoms with E-state index in [1.54, 1.807) is 0 Å². The van der Waals surface area contributed by atoms with Crippen molar-refractivity contribution in [1.82, 2.24) is 5.32 Å². The lowest BCUT2D eigenvalue weighted by Gasteiger charge is -2.14. The Labute approximate surface area is 97.2 Å². The monoisotopic (exact) mass is 266 g/mol. The SMILES string of the molecule is CC(=O)NC(CC#N)c1ccc(Br)cc1. The third-order valence-corrected chi connectivity index (χ3v) is 2.47. The van der Waals surface area contributed by atoms with Gasteiger partial charge in [-0.15, -0.1) is 0 Å². The molecule has 0 spiro atoms. The van der Waals surface area contributed by atoms with Crippen molar-refractivity contribution in [2.75, 3.05) is 0 Å². The van der Waals surface area contributed by atoms with Crippen LogP contribution in [0.1, 0.15) is 24.9 Å². The summed E-state index contributed by atoms with van der Waals surface area (Å²) < 4.78 is 0.977. The Morgan fingerprint density at radius 2 is 2.13 bits per heavy atom. The Kier molecular flexibility index (Phi) is 4.32. The van der Waals surface area contributed by atoms with E-state index in [2.05, 4.69) is 27.3 Å². The second-order valence-electron chi connectivity index (χ2n) is 3.17. The molecule has 1 amide bonds. The zero-order chi connectivity index (χ0) is 11.3. The van der Waals surface area contributed by atoms with Gasteiger partial charge in [-0.25, -0.2) is 0 Å². The minimum atomic E-state index is -0.222. The molecule has 1 aromatic carbocycles. The van der Waals surface area contributed by atoms with E-state index in [-0.39, 0.29) is 18.4 Å². The fraction of sp³-hybridized carbons (Fsp3) is 0.273. The molecule has 0 fully saturated rings. The van der Waals surface area contributed by atoms with Gasteiger partial charge in [-0.2, -0.15) is 5.26 Å². The fourth-order valence-electron chi connectivity index (χ4n) is 1.28. The summed E-state index contributed by atoms with van der Waals surface area (Å²) >= 11 is 3.33. The summed E-state index contributed by atoms with van der Waals surface area (Å²) in [5.74, 6) is -0.127. The van der Waals surface area contributed by atoms with E-state index in [0.29, 0.717) is 0 Å². The van der Waals surface area contributed by atoms with E-state index in [1.807, 2.05) is 24.3 Å². The van der Waals surface area contributed by atoms with E-state index in [0.717, 1.165) is 10.0 Å².